The van der Waals surface area contributed by atoms with E-state index in [1.165, 1.54) is 11.8 Å². The fourth-order valence-corrected chi connectivity index (χ4v) is 1.20. The molecule has 0 atom stereocenters. The van der Waals surface area contributed by atoms with Gasteiger partial charge in [0.15, 0.2) is 0 Å². The summed E-state index contributed by atoms with van der Waals surface area (Å²) in [5.74, 6) is -1.14. The van der Waals surface area contributed by atoms with Gasteiger partial charge < -0.3 is 5.11 Å². The number of carboxylic acid groups (broad SMARTS) is 1. The number of hydrogen-bond acceptors (Lipinski definition) is 4. The van der Waals surface area contributed by atoms with Gasteiger partial charge in [-0.25, -0.2) is 9.89 Å². The molecule has 0 saturated heterocycles. The number of carboxylic acids is 1. The van der Waals surface area contributed by atoms with Crippen LogP contribution in [0.5, 0.6) is 0 Å². The number of rotatable bonds is 2. The van der Waals surface area contributed by atoms with E-state index in [-0.39, 0.29) is 5.56 Å². The Kier molecular flexibility index (Phi) is 2.49. The monoisotopic (exact) mass is 186 g/mol. The van der Waals surface area contributed by atoms with Crippen LogP contribution in [0.25, 0.3) is 0 Å². The van der Waals surface area contributed by atoms with Crippen LogP contribution in [0, 0.1) is 0 Å². The highest BCUT2D eigenvalue weighted by atomic mass is 32.2. The molecule has 0 aliphatic heterocycles. The van der Waals surface area contributed by atoms with Gasteiger partial charge in [-0.3, -0.25) is 4.79 Å². The van der Waals surface area contributed by atoms with Crippen molar-refractivity contribution >= 4 is 17.7 Å². The van der Waals surface area contributed by atoms with Gasteiger partial charge in [0.1, 0.15) is 5.03 Å². The van der Waals surface area contributed by atoms with Gasteiger partial charge in [-0.1, -0.05) is 0 Å². The van der Waals surface area contributed by atoms with Crippen LogP contribution in [0.15, 0.2) is 15.9 Å². The minimum absolute atomic E-state index is 0.0637. The van der Waals surface area contributed by atoms with E-state index in [1.807, 2.05) is 0 Å². The number of H-pyrrole nitrogens is 1. The van der Waals surface area contributed by atoms with E-state index in [0.717, 1.165) is 6.07 Å². The Morgan fingerprint density at radius 2 is 2.42 bits per heavy atom. The van der Waals surface area contributed by atoms with E-state index in [1.54, 1.807) is 6.26 Å². The van der Waals surface area contributed by atoms with Crippen molar-refractivity contribution in [2.75, 3.05) is 6.26 Å². The number of aromatic carboxylic acids is 1. The van der Waals surface area contributed by atoms with Crippen molar-refractivity contribution in [1.82, 2.24) is 10.2 Å². The number of nitrogens with one attached hydrogen (secondary N) is 1. The highest BCUT2D eigenvalue weighted by Gasteiger charge is 2.10. The molecule has 12 heavy (non-hydrogen) atoms. The van der Waals surface area contributed by atoms with Gasteiger partial charge in [0.05, 0.1) is 5.56 Å². The summed E-state index contributed by atoms with van der Waals surface area (Å²) in [6.45, 7) is 0. The molecule has 6 heteroatoms. The van der Waals surface area contributed by atoms with Gasteiger partial charge in [-0.05, 0) is 6.26 Å². The van der Waals surface area contributed by atoms with Crippen LogP contribution >= 0.6 is 11.8 Å². The van der Waals surface area contributed by atoms with E-state index in [0.29, 0.717) is 5.03 Å². The van der Waals surface area contributed by atoms with Crippen molar-refractivity contribution in [3.05, 3.63) is 22.0 Å². The van der Waals surface area contributed by atoms with E-state index >= 15 is 0 Å². The Balaban J connectivity index is 3.31. The number of aromatic nitrogens is 2. The predicted molar refractivity (Wildman–Crippen MR) is 43.6 cm³/mol. The molecule has 0 aliphatic rings. The molecule has 1 aromatic heterocycles. The van der Waals surface area contributed by atoms with Gasteiger partial charge in [0.25, 0.3) is 5.56 Å². The molecular weight excluding hydrogens is 180 g/mol. The molecule has 0 unspecified atom stereocenters. The van der Waals surface area contributed by atoms with E-state index < -0.39 is 11.5 Å². The Morgan fingerprint density at radius 1 is 1.75 bits per heavy atom. The molecule has 2 N–H and O–H groups in total. The quantitative estimate of drug-likeness (QED) is 0.644. The van der Waals surface area contributed by atoms with Crippen LogP contribution in [0.3, 0.4) is 0 Å². The third-order valence-corrected chi connectivity index (χ3v) is 1.90. The summed E-state index contributed by atoms with van der Waals surface area (Å²) in [7, 11) is 0. The van der Waals surface area contributed by atoms with Crippen LogP contribution in [-0.4, -0.2) is 27.5 Å². The standard InChI is InChI=1S/C6H6N2O3S/c1-12-5-3(6(10)11)2-4(9)7-8-5/h2H,1H3,(H,7,9)(H,10,11). The number of aromatic amines is 1. The lowest BCUT2D eigenvalue weighted by Crippen LogP contribution is -2.12. The van der Waals surface area contributed by atoms with Crippen LogP contribution in [0.4, 0.5) is 0 Å². The highest BCUT2D eigenvalue weighted by molar-refractivity contribution is 7.98. The number of carbonyl (C=O) groups is 1. The maximum atomic E-state index is 10.7. The smallest absolute Gasteiger partial charge is 0.338 e. The van der Waals surface area contributed by atoms with E-state index in [2.05, 4.69) is 10.2 Å². The maximum absolute atomic E-state index is 10.7. The van der Waals surface area contributed by atoms with E-state index in [9.17, 15) is 9.59 Å². The third-order valence-electron chi connectivity index (χ3n) is 1.20. The SMILES string of the molecule is CSc1n[nH]c(=O)cc1C(=O)O. The zero-order valence-electron chi connectivity index (χ0n) is 6.20. The summed E-state index contributed by atoms with van der Waals surface area (Å²) in [6, 6.07) is 1.02. The first-order valence-corrected chi connectivity index (χ1v) is 4.24. The maximum Gasteiger partial charge on any atom is 0.338 e. The molecule has 0 radical (unpaired) electrons. The van der Waals surface area contributed by atoms with Crippen LogP contribution in [0.1, 0.15) is 10.4 Å². The lowest BCUT2D eigenvalue weighted by molar-refractivity contribution is 0.0691. The molecular formula is C6H6N2O3S. The molecule has 5 nitrogen and oxygen atoms in total. The Hall–Kier alpha value is -1.30. The van der Waals surface area contributed by atoms with Crippen molar-refractivity contribution in [1.29, 1.82) is 0 Å². The van der Waals surface area contributed by atoms with Gasteiger partial charge in [0, 0.05) is 6.07 Å². The average molecular weight is 186 g/mol. The molecule has 0 aromatic carbocycles. The molecule has 1 aromatic rings. The molecule has 1 rings (SSSR count). The minimum Gasteiger partial charge on any atom is -0.478 e. The van der Waals surface area contributed by atoms with Gasteiger partial charge in [-0.2, -0.15) is 5.10 Å². The Morgan fingerprint density at radius 3 is 2.92 bits per heavy atom. The lowest BCUT2D eigenvalue weighted by atomic mass is 10.3. The molecule has 1 heterocycles. The van der Waals surface area contributed by atoms with Crippen molar-refractivity contribution in [3.8, 4) is 0 Å². The average Bonchev–Trinajstić information content (AvgIpc) is 2.04. The zero-order chi connectivity index (χ0) is 9.14. The normalized spacial score (nSPS) is 9.75. The first-order valence-electron chi connectivity index (χ1n) is 3.02. The molecule has 0 spiro atoms. The molecule has 0 fully saturated rings. The fourth-order valence-electron chi connectivity index (χ4n) is 0.700. The Bertz CT molecular complexity index is 360. The van der Waals surface area contributed by atoms with Crippen LogP contribution in [0.2, 0.25) is 0 Å². The van der Waals surface area contributed by atoms with Crippen LogP contribution in [-0.2, 0) is 0 Å². The summed E-state index contributed by atoms with van der Waals surface area (Å²) in [5.41, 5.74) is -0.573. The van der Waals surface area contributed by atoms with E-state index in [4.69, 9.17) is 5.11 Å². The zero-order valence-corrected chi connectivity index (χ0v) is 7.01. The van der Waals surface area contributed by atoms with Gasteiger partial charge >= 0.3 is 5.97 Å². The topological polar surface area (TPSA) is 83.0 Å². The predicted octanol–water partition coefficient (Wildman–Crippen LogP) is 0.190. The minimum atomic E-state index is -1.14. The highest BCUT2D eigenvalue weighted by Crippen LogP contribution is 2.13. The van der Waals surface area contributed by atoms with Crippen molar-refractivity contribution in [2.24, 2.45) is 0 Å². The molecule has 0 aliphatic carbocycles. The number of nitrogens with zero attached hydrogens (tertiary/aromatic N) is 1. The van der Waals surface area contributed by atoms with Crippen molar-refractivity contribution in [3.63, 3.8) is 0 Å². The third kappa shape index (κ3) is 1.65. The van der Waals surface area contributed by atoms with Gasteiger partial charge in [-0.15, -0.1) is 11.8 Å². The van der Waals surface area contributed by atoms with Crippen molar-refractivity contribution in [2.45, 2.75) is 5.03 Å². The molecule has 64 valence electrons. The second kappa shape index (κ2) is 3.40. The second-order valence-corrected chi connectivity index (χ2v) is 2.76. The molecule has 0 amide bonds. The first kappa shape index (κ1) is 8.79. The van der Waals surface area contributed by atoms with Crippen molar-refractivity contribution < 1.29 is 9.90 Å². The van der Waals surface area contributed by atoms with Crippen LogP contribution < -0.4 is 5.56 Å². The second-order valence-electron chi connectivity index (χ2n) is 1.96. The summed E-state index contributed by atoms with van der Waals surface area (Å²) >= 11 is 1.17. The summed E-state index contributed by atoms with van der Waals surface area (Å²) < 4.78 is 0. The lowest BCUT2D eigenvalue weighted by Gasteiger charge is -1.97. The molecule has 0 saturated carbocycles. The summed E-state index contributed by atoms with van der Waals surface area (Å²) in [6.07, 6.45) is 1.69. The van der Waals surface area contributed by atoms with Gasteiger partial charge in [0.2, 0.25) is 0 Å². The first-order chi connectivity index (χ1) is 5.65. The summed E-state index contributed by atoms with van der Waals surface area (Å²) in [4.78, 5) is 21.2. The number of hydrogen-bond donors (Lipinski definition) is 2. The number of thioether (sulfide) groups is 1. The largest absolute Gasteiger partial charge is 0.478 e. The fraction of sp³-hybridized carbons (Fsp3) is 0.167. The molecule has 0 bridgehead atoms. The summed E-state index contributed by atoms with van der Waals surface area (Å²) in [5, 5.41) is 14.6. The Labute approximate surface area is 71.8 Å².